The molecule has 0 amide bonds. The van der Waals surface area contributed by atoms with Crippen LogP contribution in [-0.4, -0.2) is 40.5 Å². The van der Waals surface area contributed by atoms with Crippen molar-refractivity contribution < 1.29 is 9.47 Å². The third kappa shape index (κ3) is 2.56. The van der Waals surface area contributed by atoms with Gasteiger partial charge in [0, 0.05) is 31.9 Å². The number of rotatable bonds is 3. The summed E-state index contributed by atoms with van der Waals surface area (Å²) >= 11 is 0. The zero-order valence-corrected chi connectivity index (χ0v) is 12.2. The Kier molecular flexibility index (Phi) is 3.61. The Labute approximate surface area is 124 Å². The molecule has 0 spiro atoms. The van der Waals surface area contributed by atoms with Gasteiger partial charge < -0.3 is 14.0 Å². The van der Waals surface area contributed by atoms with Gasteiger partial charge in [-0.15, -0.1) is 0 Å². The first-order valence-corrected chi connectivity index (χ1v) is 7.92. The summed E-state index contributed by atoms with van der Waals surface area (Å²) in [6.07, 6.45) is 6.56. The number of ether oxygens (including phenoxy) is 2. The molecular formula is C16H21N3O2. The molecule has 0 bridgehead atoms. The van der Waals surface area contributed by atoms with Gasteiger partial charge in [-0.1, -0.05) is 0 Å². The highest BCUT2D eigenvalue weighted by Gasteiger charge is 2.25. The second-order valence-electron chi connectivity index (χ2n) is 5.95. The highest BCUT2D eigenvalue weighted by Crippen LogP contribution is 2.29. The van der Waals surface area contributed by atoms with Crippen LogP contribution in [-0.2, 0) is 16.0 Å². The lowest BCUT2D eigenvalue weighted by Crippen LogP contribution is -2.22. The van der Waals surface area contributed by atoms with Gasteiger partial charge in [-0.05, 0) is 37.8 Å². The summed E-state index contributed by atoms with van der Waals surface area (Å²) < 4.78 is 13.6. The summed E-state index contributed by atoms with van der Waals surface area (Å²) in [5.74, 6) is 1.65. The van der Waals surface area contributed by atoms with Crippen LogP contribution >= 0.6 is 0 Å². The maximum Gasteiger partial charge on any atom is 0.160 e. The van der Waals surface area contributed by atoms with E-state index >= 15 is 0 Å². The first kappa shape index (κ1) is 13.2. The fraction of sp³-hybridized carbons (Fsp3) is 0.625. The van der Waals surface area contributed by atoms with Crippen LogP contribution in [0.4, 0.5) is 0 Å². The van der Waals surface area contributed by atoms with Crippen molar-refractivity contribution in [3.8, 4) is 0 Å². The molecule has 5 heteroatoms. The van der Waals surface area contributed by atoms with Gasteiger partial charge in [0.15, 0.2) is 5.65 Å². The molecule has 2 saturated heterocycles. The molecule has 0 aromatic carbocycles. The average molecular weight is 287 g/mol. The normalized spacial score (nSPS) is 23.9. The molecule has 1 atom stereocenters. The lowest BCUT2D eigenvalue weighted by Gasteiger charge is -2.23. The van der Waals surface area contributed by atoms with E-state index < -0.39 is 0 Å². The second-order valence-corrected chi connectivity index (χ2v) is 5.95. The quantitative estimate of drug-likeness (QED) is 0.870. The molecule has 2 aromatic heterocycles. The van der Waals surface area contributed by atoms with E-state index in [1.165, 1.54) is 5.82 Å². The van der Waals surface area contributed by atoms with Gasteiger partial charge in [-0.25, -0.2) is 9.97 Å². The number of pyridine rings is 1. The summed E-state index contributed by atoms with van der Waals surface area (Å²) in [7, 11) is 0. The molecule has 2 fully saturated rings. The zero-order valence-electron chi connectivity index (χ0n) is 12.2. The Morgan fingerprint density at radius 1 is 1.19 bits per heavy atom. The molecule has 0 aliphatic carbocycles. The standard InChI is InChI=1S/C16H21N3O2/c1-4-14-16(17-7-1)19(11-13-3-2-8-21-13)15(18-14)12-5-9-20-10-6-12/h1,4,7,12-13H,2-3,5-6,8-11H2. The van der Waals surface area contributed by atoms with E-state index in [1.54, 1.807) is 0 Å². The lowest BCUT2D eigenvalue weighted by atomic mass is 9.99. The maximum atomic E-state index is 5.82. The third-order valence-corrected chi connectivity index (χ3v) is 4.53. The molecule has 4 rings (SSSR count). The molecule has 21 heavy (non-hydrogen) atoms. The number of fused-ring (bicyclic) bond motifs is 1. The lowest BCUT2D eigenvalue weighted by molar-refractivity contribution is 0.0791. The van der Waals surface area contributed by atoms with Crippen LogP contribution in [0.5, 0.6) is 0 Å². The van der Waals surface area contributed by atoms with Crippen molar-refractivity contribution in [1.29, 1.82) is 0 Å². The number of hydrogen-bond acceptors (Lipinski definition) is 4. The van der Waals surface area contributed by atoms with Crippen molar-refractivity contribution >= 4 is 11.2 Å². The highest BCUT2D eigenvalue weighted by atomic mass is 16.5. The van der Waals surface area contributed by atoms with Crippen molar-refractivity contribution in [2.45, 2.75) is 44.2 Å². The van der Waals surface area contributed by atoms with Crippen LogP contribution in [0.15, 0.2) is 18.3 Å². The van der Waals surface area contributed by atoms with Crippen LogP contribution in [0, 0.1) is 0 Å². The molecule has 2 aromatic rings. The summed E-state index contributed by atoms with van der Waals surface area (Å²) in [5.41, 5.74) is 1.99. The molecule has 0 radical (unpaired) electrons. The predicted octanol–water partition coefficient (Wildman–Crippen LogP) is 2.50. The molecule has 1 unspecified atom stereocenters. The van der Waals surface area contributed by atoms with Crippen LogP contribution in [0.1, 0.15) is 37.4 Å². The zero-order chi connectivity index (χ0) is 14.1. The van der Waals surface area contributed by atoms with Crippen LogP contribution in [0.2, 0.25) is 0 Å². The van der Waals surface area contributed by atoms with Crippen LogP contribution in [0.25, 0.3) is 11.2 Å². The number of nitrogens with zero attached hydrogens (tertiary/aromatic N) is 3. The van der Waals surface area contributed by atoms with E-state index in [4.69, 9.17) is 14.5 Å². The summed E-state index contributed by atoms with van der Waals surface area (Å²) in [6.45, 7) is 3.43. The Morgan fingerprint density at radius 3 is 2.90 bits per heavy atom. The van der Waals surface area contributed by atoms with E-state index in [-0.39, 0.29) is 0 Å². The minimum Gasteiger partial charge on any atom is -0.381 e. The summed E-state index contributed by atoms with van der Waals surface area (Å²) in [4.78, 5) is 9.42. The smallest absolute Gasteiger partial charge is 0.160 e. The van der Waals surface area contributed by atoms with E-state index in [0.717, 1.165) is 63.2 Å². The summed E-state index contributed by atoms with van der Waals surface area (Å²) in [6, 6.07) is 4.01. The van der Waals surface area contributed by atoms with Crippen LogP contribution < -0.4 is 0 Å². The van der Waals surface area contributed by atoms with Gasteiger partial charge in [0.05, 0.1) is 12.6 Å². The van der Waals surface area contributed by atoms with E-state index in [0.29, 0.717) is 12.0 Å². The fourth-order valence-corrected chi connectivity index (χ4v) is 3.42. The molecule has 5 nitrogen and oxygen atoms in total. The monoisotopic (exact) mass is 287 g/mol. The number of hydrogen-bond donors (Lipinski definition) is 0. The number of aromatic nitrogens is 3. The highest BCUT2D eigenvalue weighted by molar-refractivity contribution is 5.71. The molecular weight excluding hydrogens is 266 g/mol. The molecule has 4 heterocycles. The fourth-order valence-electron chi connectivity index (χ4n) is 3.42. The minimum absolute atomic E-state index is 0.308. The molecule has 0 N–H and O–H groups in total. The second kappa shape index (κ2) is 5.73. The first-order chi connectivity index (χ1) is 10.4. The Balaban J connectivity index is 1.72. The average Bonchev–Trinajstić information content (AvgIpc) is 3.17. The minimum atomic E-state index is 0.308. The summed E-state index contributed by atoms with van der Waals surface area (Å²) in [5, 5.41) is 0. The molecule has 112 valence electrons. The van der Waals surface area contributed by atoms with Gasteiger partial charge in [0.25, 0.3) is 0 Å². The van der Waals surface area contributed by atoms with Crippen molar-refractivity contribution in [2.75, 3.05) is 19.8 Å². The van der Waals surface area contributed by atoms with E-state index in [1.807, 2.05) is 12.3 Å². The first-order valence-electron chi connectivity index (χ1n) is 7.92. The Hall–Kier alpha value is -1.46. The van der Waals surface area contributed by atoms with E-state index in [9.17, 15) is 0 Å². The van der Waals surface area contributed by atoms with Gasteiger partial charge >= 0.3 is 0 Å². The van der Waals surface area contributed by atoms with Crippen LogP contribution in [0.3, 0.4) is 0 Å². The Bertz CT molecular complexity index is 613. The molecule has 2 aliphatic heterocycles. The largest absolute Gasteiger partial charge is 0.381 e. The predicted molar refractivity (Wildman–Crippen MR) is 79.3 cm³/mol. The third-order valence-electron chi connectivity index (χ3n) is 4.53. The van der Waals surface area contributed by atoms with Crippen molar-refractivity contribution in [3.63, 3.8) is 0 Å². The molecule has 2 aliphatic rings. The topological polar surface area (TPSA) is 49.2 Å². The maximum absolute atomic E-state index is 5.82. The number of imidazole rings is 1. The van der Waals surface area contributed by atoms with Gasteiger partial charge in [0.1, 0.15) is 11.3 Å². The SMILES string of the molecule is c1cnc2c(c1)nc(C1CCOCC1)n2CC1CCCO1. The Morgan fingerprint density at radius 2 is 2.10 bits per heavy atom. The van der Waals surface area contributed by atoms with Gasteiger partial charge in [-0.3, -0.25) is 0 Å². The molecule has 0 saturated carbocycles. The van der Waals surface area contributed by atoms with E-state index in [2.05, 4.69) is 15.6 Å². The van der Waals surface area contributed by atoms with Gasteiger partial charge in [0.2, 0.25) is 0 Å². The van der Waals surface area contributed by atoms with Gasteiger partial charge in [-0.2, -0.15) is 0 Å². The van der Waals surface area contributed by atoms with Crippen molar-refractivity contribution in [3.05, 3.63) is 24.2 Å². The van der Waals surface area contributed by atoms with Crippen molar-refractivity contribution in [2.24, 2.45) is 0 Å². The van der Waals surface area contributed by atoms with Crippen molar-refractivity contribution in [1.82, 2.24) is 14.5 Å².